The average molecular weight is 676 g/mol. The minimum Gasteiger partial charge on any atom is -0.488 e. The molecule has 2 aromatic carbocycles. The standard InChI is InChI=1S/C30H27F6IO3/c1-4-39-28(38)26-16-21(30(34,35)36)15-25(37(26)3)23-7-5-6-22(23)24-14-20(29(31,32)33)12-13-27(24)40-17-19-10-8-18(2)9-11-19/h8-16H,3-7,17H2,1-2H3. The predicted molar refractivity (Wildman–Crippen MR) is 153 cm³/mol. The highest BCUT2D eigenvalue weighted by molar-refractivity contribution is 14.2. The summed E-state index contributed by atoms with van der Waals surface area (Å²) in [6.07, 6.45) is -6.35. The quantitative estimate of drug-likeness (QED) is 0.168. The van der Waals surface area contributed by atoms with Gasteiger partial charge in [-0.1, -0.05) is 34.3 Å². The van der Waals surface area contributed by atoms with Gasteiger partial charge in [0.05, 0.1) is 21.3 Å². The zero-order valence-corrected chi connectivity index (χ0v) is 24.0. The monoisotopic (exact) mass is 676 g/mol. The van der Waals surface area contributed by atoms with Gasteiger partial charge in [0.1, 0.15) is 12.4 Å². The molecule has 2 aliphatic rings. The van der Waals surface area contributed by atoms with Crippen LogP contribution in [-0.2, 0) is 22.3 Å². The zero-order chi connectivity index (χ0) is 29.2. The molecule has 0 unspecified atom stereocenters. The summed E-state index contributed by atoms with van der Waals surface area (Å²) in [5, 5.41) is 0. The number of esters is 1. The Hall–Kier alpha value is -3.02. The van der Waals surface area contributed by atoms with Crippen LogP contribution in [0.5, 0.6) is 5.75 Å². The van der Waals surface area contributed by atoms with Gasteiger partial charge in [-0.15, -0.1) is 18.9 Å². The molecule has 40 heavy (non-hydrogen) atoms. The number of ether oxygens (including phenoxy) is 2. The van der Waals surface area contributed by atoms with Crippen molar-refractivity contribution < 1.29 is 40.6 Å². The van der Waals surface area contributed by atoms with Crippen molar-refractivity contribution in [2.45, 2.75) is 52.1 Å². The lowest BCUT2D eigenvalue weighted by Crippen LogP contribution is -2.20. The molecular formula is C30H27F6IO3. The SMILES string of the molecule is C=I1=C(C(=O)OCC)C=C(C(F)(F)F)C=C1C1=C(c2cc(C(F)(F)F)ccc2OCc2ccc(C)cc2)CCC1. The average Bonchev–Trinajstić information content (AvgIpc) is 3.37. The fourth-order valence-corrected chi connectivity index (χ4v) is 8.63. The number of carbonyl (C=O) groups is 1. The second-order valence-corrected chi connectivity index (χ2v) is 13.7. The fourth-order valence-electron chi connectivity index (χ4n) is 4.51. The van der Waals surface area contributed by atoms with Crippen LogP contribution < -0.4 is 4.74 Å². The Balaban J connectivity index is 1.86. The summed E-state index contributed by atoms with van der Waals surface area (Å²) in [6, 6.07) is 10.7. The first-order chi connectivity index (χ1) is 18.8. The molecule has 0 saturated heterocycles. The van der Waals surface area contributed by atoms with Gasteiger partial charge in [0.15, 0.2) is 0 Å². The van der Waals surface area contributed by atoms with Crippen LogP contribution in [0.1, 0.15) is 48.4 Å². The molecular weight excluding hydrogens is 649 g/mol. The van der Waals surface area contributed by atoms with Crippen molar-refractivity contribution >= 4 is 38.4 Å². The first kappa shape index (κ1) is 30.0. The number of carbonyl (C=O) groups excluding carboxylic acids is 1. The second-order valence-electron chi connectivity index (χ2n) is 9.31. The molecule has 0 spiro atoms. The number of rotatable bonds is 7. The number of halogens is 7. The molecule has 0 aromatic heterocycles. The molecule has 1 heterocycles. The molecule has 0 saturated carbocycles. The van der Waals surface area contributed by atoms with E-state index in [1.165, 1.54) is 6.07 Å². The Morgan fingerprint density at radius 3 is 2.25 bits per heavy atom. The molecule has 0 N–H and O–H groups in total. The number of hydrogen-bond acceptors (Lipinski definition) is 3. The van der Waals surface area contributed by atoms with Crippen molar-refractivity contribution in [2.75, 3.05) is 6.61 Å². The van der Waals surface area contributed by atoms with E-state index in [4.69, 9.17) is 9.47 Å². The highest BCUT2D eigenvalue weighted by Gasteiger charge is 2.37. The van der Waals surface area contributed by atoms with E-state index in [9.17, 15) is 31.1 Å². The third kappa shape index (κ3) is 6.64. The smallest absolute Gasteiger partial charge is 0.416 e. The van der Waals surface area contributed by atoms with Crippen molar-refractivity contribution in [1.82, 2.24) is 0 Å². The summed E-state index contributed by atoms with van der Waals surface area (Å²) >= 11 is -2.93. The Morgan fingerprint density at radius 1 is 0.950 bits per heavy atom. The van der Waals surface area contributed by atoms with Crippen molar-refractivity contribution in [2.24, 2.45) is 0 Å². The maximum atomic E-state index is 13.9. The molecule has 214 valence electrons. The molecule has 1 aliphatic heterocycles. The van der Waals surface area contributed by atoms with Gasteiger partial charge in [-0.05, 0) is 80.2 Å². The number of aryl methyl sites for hydroxylation is 1. The van der Waals surface area contributed by atoms with Crippen LogP contribution in [0.15, 0.2) is 69.3 Å². The number of hydrogen-bond donors (Lipinski definition) is 0. The molecule has 0 fully saturated rings. The Kier molecular flexibility index (Phi) is 8.86. The fraction of sp³-hybridized carbons (Fsp3) is 0.300. The van der Waals surface area contributed by atoms with Crippen molar-refractivity contribution in [3.8, 4) is 5.75 Å². The summed E-state index contributed by atoms with van der Waals surface area (Å²) < 4.78 is 98.1. The normalized spacial score (nSPS) is 16.6. The first-order valence-corrected chi connectivity index (χ1v) is 16.1. The largest absolute Gasteiger partial charge is 0.488 e. The first-order valence-electron chi connectivity index (χ1n) is 12.5. The lowest BCUT2D eigenvalue weighted by Gasteiger charge is -2.21. The van der Waals surface area contributed by atoms with Gasteiger partial charge in [-0.3, -0.25) is 0 Å². The number of alkyl halides is 6. The van der Waals surface area contributed by atoms with E-state index in [-0.39, 0.29) is 31.6 Å². The van der Waals surface area contributed by atoms with Crippen LogP contribution in [0.2, 0.25) is 0 Å². The molecule has 4 rings (SSSR count). The van der Waals surface area contributed by atoms with Crippen molar-refractivity contribution in [3.63, 3.8) is 0 Å². The van der Waals surface area contributed by atoms with Crippen LogP contribution in [0.4, 0.5) is 26.3 Å². The van der Waals surface area contributed by atoms with E-state index in [1.807, 2.05) is 31.2 Å². The molecule has 0 radical (unpaired) electrons. The molecule has 10 heteroatoms. The van der Waals surface area contributed by atoms with Gasteiger partial charge < -0.3 is 9.47 Å². The summed E-state index contributed by atoms with van der Waals surface area (Å²) in [5.74, 6) is -0.652. The summed E-state index contributed by atoms with van der Waals surface area (Å²) in [4.78, 5) is 12.6. The second kappa shape index (κ2) is 11.8. The van der Waals surface area contributed by atoms with E-state index in [0.29, 0.717) is 30.4 Å². The lowest BCUT2D eigenvalue weighted by molar-refractivity contribution is -0.137. The van der Waals surface area contributed by atoms with E-state index in [0.717, 1.165) is 35.4 Å². The molecule has 1 aliphatic carbocycles. The van der Waals surface area contributed by atoms with Crippen LogP contribution in [0.25, 0.3) is 5.57 Å². The van der Waals surface area contributed by atoms with Gasteiger partial charge in [0, 0.05) is 9.14 Å². The van der Waals surface area contributed by atoms with E-state index in [1.54, 1.807) is 6.92 Å². The highest BCUT2D eigenvalue weighted by atomic mass is 127. The van der Waals surface area contributed by atoms with Crippen molar-refractivity contribution in [3.05, 3.63) is 91.6 Å². The van der Waals surface area contributed by atoms with Crippen molar-refractivity contribution in [1.29, 1.82) is 0 Å². The van der Waals surface area contributed by atoms with E-state index >= 15 is 0 Å². The highest BCUT2D eigenvalue weighted by Crippen LogP contribution is 2.49. The Bertz CT molecular complexity index is 1480. The Labute approximate surface area is 234 Å². The lowest BCUT2D eigenvalue weighted by atomic mass is 9.97. The minimum absolute atomic E-state index is 0.0135. The maximum Gasteiger partial charge on any atom is 0.416 e. The molecule has 0 amide bonds. The van der Waals surface area contributed by atoms with Gasteiger partial charge in [-0.2, -0.15) is 26.3 Å². The molecule has 3 nitrogen and oxygen atoms in total. The number of benzene rings is 2. The molecule has 0 atom stereocenters. The van der Waals surface area contributed by atoms with Gasteiger partial charge in [-0.25, -0.2) is 4.79 Å². The minimum atomic E-state index is -4.74. The van der Waals surface area contributed by atoms with Crippen LogP contribution >= 0.6 is 18.9 Å². The summed E-state index contributed by atoms with van der Waals surface area (Å²) in [6.45, 7) is 3.56. The van der Waals surface area contributed by atoms with Gasteiger partial charge in [0.2, 0.25) is 0 Å². The molecule has 2 aromatic rings. The maximum absolute atomic E-state index is 13.9. The zero-order valence-electron chi connectivity index (χ0n) is 21.8. The van der Waals surface area contributed by atoms with Gasteiger partial charge in [0.25, 0.3) is 0 Å². The topological polar surface area (TPSA) is 35.5 Å². The third-order valence-electron chi connectivity index (χ3n) is 6.51. The predicted octanol–water partition coefficient (Wildman–Crippen LogP) is 8.59. The molecule has 0 bridgehead atoms. The third-order valence-corrected chi connectivity index (χ3v) is 11.0. The van der Waals surface area contributed by atoms with E-state index < -0.39 is 48.3 Å². The number of allylic oxidation sites excluding steroid dienone is 5. The summed E-state index contributed by atoms with van der Waals surface area (Å²) in [7, 11) is 0. The van der Waals surface area contributed by atoms with Crippen LogP contribution in [0.3, 0.4) is 0 Å². The van der Waals surface area contributed by atoms with Crippen LogP contribution in [0, 0.1) is 6.92 Å². The van der Waals surface area contributed by atoms with Crippen LogP contribution in [-0.4, -0.2) is 26.8 Å². The summed E-state index contributed by atoms with van der Waals surface area (Å²) in [5.41, 5.74) is 1.11. The Morgan fingerprint density at radius 2 is 1.62 bits per heavy atom. The van der Waals surface area contributed by atoms with E-state index in [2.05, 4.69) is 4.51 Å². The van der Waals surface area contributed by atoms with Gasteiger partial charge >= 0.3 is 18.3 Å².